The number of hydrogen-bond donors (Lipinski definition) is 0. The van der Waals surface area contributed by atoms with Crippen molar-refractivity contribution >= 4 is 0 Å². The van der Waals surface area contributed by atoms with E-state index in [0.29, 0.717) is 11.5 Å². The van der Waals surface area contributed by atoms with Gasteiger partial charge in [0.15, 0.2) is 11.5 Å². The molecule has 0 saturated heterocycles. The van der Waals surface area contributed by atoms with Crippen molar-refractivity contribution in [1.82, 2.24) is 0 Å². The summed E-state index contributed by atoms with van der Waals surface area (Å²) in [6.45, 7) is 0. The molecule has 2 heterocycles. The minimum Gasteiger partial charge on any atom is -0.497 e. The first-order valence-electron chi connectivity index (χ1n) is 7.82. The van der Waals surface area contributed by atoms with Crippen LogP contribution in [0.1, 0.15) is 0 Å². The fraction of sp³-hybridized carbons (Fsp3) is 0.0476. The molecule has 0 radical (unpaired) electrons. The van der Waals surface area contributed by atoms with Crippen molar-refractivity contribution in [3.8, 4) is 39.5 Å². The second-order valence-electron chi connectivity index (χ2n) is 5.56. The van der Waals surface area contributed by atoms with E-state index in [2.05, 4.69) is 0 Å². The van der Waals surface area contributed by atoms with Gasteiger partial charge in [-0.05, 0) is 47.5 Å². The lowest BCUT2D eigenvalue weighted by atomic mass is 10.0. The summed E-state index contributed by atoms with van der Waals surface area (Å²) in [6, 6.07) is 17.8. The van der Waals surface area contributed by atoms with Crippen LogP contribution in [0.15, 0.2) is 82.0 Å². The Kier molecular flexibility index (Phi) is 3.86. The number of hydrogen-bond acceptors (Lipinski definition) is 3. The Balaban J connectivity index is 1.78. The molecule has 4 aromatic rings. The molecule has 0 fully saturated rings. The number of halogens is 1. The van der Waals surface area contributed by atoms with Crippen molar-refractivity contribution in [1.29, 1.82) is 0 Å². The quantitative estimate of drug-likeness (QED) is 0.458. The summed E-state index contributed by atoms with van der Waals surface area (Å²) < 4.78 is 29.8. The number of ether oxygens (including phenoxy) is 1. The van der Waals surface area contributed by atoms with Gasteiger partial charge in [0, 0.05) is 11.1 Å². The Bertz CT molecular complexity index is 979. The molecule has 0 amide bonds. The van der Waals surface area contributed by atoms with Gasteiger partial charge in [-0.2, -0.15) is 0 Å². The average Bonchev–Trinajstić information content (AvgIpc) is 3.31. The molecule has 4 heteroatoms. The van der Waals surface area contributed by atoms with Gasteiger partial charge in [0.2, 0.25) is 0 Å². The standard InChI is InChI=1S/C21H15FO3/c1-23-17-8-4-15(5-9-17)19-11-13-25-21(19)20-18(10-12-24-20)14-2-6-16(22)7-3-14/h2-13H,1H3. The van der Waals surface area contributed by atoms with E-state index >= 15 is 0 Å². The maximum absolute atomic E-state index is 13.2. The van der Waals surface area contributed by atoms with Crippen molar-refractivity contribution in [3.05, 3.63) is 79.0 Å². The minimum absolute atomic E-state index is 0.272. The molecule has 124 valence electrons. The number of rotatable bonds is 4. The molecule has 0 aliphatic carbocycles. The maximum Gasteiger partial charge on any atom is 0.177 e. The van der Waals surface area contributed by atoms with Crippen LogP contribution in [0.3, 0.4) is 0 Å². The van der Waals surface area contributed by atoms with Crippen LogP contribution in [-0.4, -0.2) is 7.11 Å². The van der Waals surface area contributed by atoms with E-state index in [1.807, 2.05) is 36.4 Å². The Morgan fingerprint density at radius 1 is 0.680 bits per heavy atom. The van der Waals surface area contributed by atoms with Gasteiger partial charge in [-0.15, -0.1) is 0 Å². The minimum atomic E-state index is -0.272. The molecule has 3 nitrogen and oxygen atoms in total. The van der Waals surface area contributed by atoms with E-state index in [-0.39, 0.29) is 5.82 Å². The number of methoxy groups -OCH3 is 1. The fourth-order valence-electron chi connectivity index (χ4n) is 2.82. The summed E-state index contributed by atoms with van der Waals surface area (Å²) >= 11 is 0. The van der Waals surface area contributed by atoms with Crippen molar-refractivity contribution in [2.24, 2.45) is 0 Å². The molecule has 25 heavy (non-hydrogen) atoms. The van der Waals surface area contributed by atoms with Crippen LogP contribution in [0.4, 0.5) is 4.39 Å². The molecule has 0 unspecified atom stereocenters. The van der Waals surface area contributed by atoms with E-state index in [9.17, 15) is 4.39 Å². The lowest BCUT2D eigenvalue weighted by molar-refractivity contribution is 0.415. The monoisotopic (exact) mass is 334 g/mol. The fourth-order valence-corrected chi connectivity index (χ4v) is 2.82. The van der Waals surface area contributed by atoms with Crippen LogP contribution in [0.5, 0.6) is 5.75 Å². The molecule has 2 aromatic carbocycles. The van der Waals surface area contributed by atoms with Gasteiger partial charge in [-0.25, -0.2) is 4.39 Å². The molecule has 0 N–H and O–H groups in total. The summed E-state index contributed by atoms with van der Waals surface area (Å²) in [5.41, 5.74) is 3.62. The van der Waals surface area contributed by atoms with E-state index < -0.39 is 0 Å². The summed E-state index contributed by atoms with van der Waals surface area (Å²) in [6.07, 6.45) is 3.24. The zero-order valence-electron chi connectivity index (χ0n) is 13.5. The van der Waals surface area contributed by atoms with Crippen LogP contribution in [-0.2, 0) is 0 Å². The Labute approximate surface area is 144 Å². The molecule has 2 aromatic heterocycles. The van der Waals surface area contributed by atoms with E-state index in [1.165, 1.54) is 12.1 Å². The predicted octanol–water partition coefficient (Wildman–Crippen LogP) is 6.02. The van der Waals surface area contributed by atoms with Gasteiger partial charge in [-0.1, -0.05) is 24.3 Å². The van der Waals surface area contributed by atoms with Crippen molar-refractivity contribution in [2.45, 2.75) is 0 Å². The van der Waals surface area contributed by atoms with Crippen molar-refractivity contribution in [2.75, 3.05) is 7.11 Å². The number of benzene rings is 2. The van der Waals surface area contributed by atoms with Crippen LogP contribution in [0, 0.1) is 5.82 Å². The second kappa shape index (κ2) is 6.32. The molecule has 0 aliphatic rings. The van der Waals surface area contributed by atoms with Crippen LogP contribution >= 0.6 is 0 Å². The largest absolute Gasteiger partial charge is 0.497 e. The molecule has 0 aliphatic heterocycles. The summed E-state index contributed by atoms with van der Waals surface area (Å²) in [5, 5.41) is 0. The van der Waals surface area contributed by atoms with Gasteiger partial charge in [0.05, 0.1) is 19.6 Å². The molecular weight excluding hydrogens is 319 g/mol. The highest BCUT2D eigenvalue weighted by Gasteiger charge is 2.19. The Hall–Kier alpha value is -3.27. The zero-order chi connectivity index (χ0) is 17.2. The molecule has 0 bridgehead atoms. The topological polar surface area (TPSA) is 35.5 Å². The highest BCUT2D eigenvalue weighted by atomic mass is 19.1. The van der Waals surface area contributed by atoms with E-state index in [0.717, 1.165) is 28.0 Å². The lowest BCUT2D eigenvalue weighted by Gasteiger charge is -2.05. The SMILES string of the molecule is COc1ccc(-c2ccoc2-c2occc2-c2ccc(F)cc2)cc1. The Morgan fingerprint density at radius 3 is 1.64 bits per heavy atom. The molecule has 4 rings (SSSR count). The molecule has 0 atom stereocenters. The maximum atomic E-state index is 13.2. The smallest absolute Gasteiger partial charge is 0.177 e. The lowest BCUT2D eigenvalue weighted by Crippen LogP contribution is -1.84. The molecular formula is C21H15FO3. The predicted molar refractivity (Wildman–Crippen MR) is 93.8 cm³/mol. The average molecular weight is 334 g/mol. The highest BCUT2D eigenvalue weighted by Crippen LogP contribution is 2.39. The van der Waals surface area contributed by atoms with Crippen LogP contribution in [0.2, 0.25) is 0 Å². The number of furan rings is 2. The van der Waals surface area contributed by atoms with Gasteiger partial charge in [0.25, 0.3) is 0 Å². The summed E-state index contributed by atoms with van der Waals surface area (Å²) in [7, 11) is 1.64. The highest BCUT2D eigenvalue weighted by molar-refractivity contribution is 5.86. The van der Waals surface area contributed by atoms with E-state index in [1.54, 1.807) is 31.8 Å². The molecule has 0 saturated carbocycles. The van der Waals surface area contributed by atoms with Crippen LogP contribution < -0.4 is 4.74 Å². The van der Waals surface area contributed by atoms with Gasteiger partial charge in [0.1, 0.15) is 11.6 Å². The van der Waals surface area contributed by atoms with Gasteiger partial charge in [-0.3, -0.25) is 0 Å². The van der Waals surface area contributed by atoms with Crippen molar-refractivity contribution in [3.63, 3.8) is 0 Å². The third kappa shape index (κ3) is 2.83. The third-order valence-corrected chi connectivity index (χ3v) is 4.09. The third-order valence-electron chi connectivity index (χ3n) is 4.09. The van der Waals surface area contributed by atoms with Crippen molar-refractivity contribution < 1.29 is 18.0 Å². The van der Waals surface area contributed by atoms with Gasteiger partial charge >= 0.3 is 0 Å². The second-order valence-corrected chi connectivity index (χ2v) is 5.56. The summed E-state index contributed by atoms with van der Waals surface area (Å²) in [5.74, 6) is 1.77. The first-order chi connectivity index (χ1) is 12.3. The zero-order valence-corrected chi connectivity index (χ0v) is 13.5. The first kappa shape index (κ1) is 15.3. The summed E-state index contributed by atoms with van der Waals surface area (Å²) in [4.78, 5) is 0. The van der Waals surface area contributed by atoms with Gasteiger partial charge < -0.3 is 13.6 Å². The Morgan fingerprint density at radius 2 is 1.16 bits per heavy atom. The van der Waals surface area contributed by atoms with E-state index in [4.69, 9.17) is 13.6 Å². The normalized spacial score (nSPS) is 10.8. The molecule has 0 spiro atoms. The van der Waals surface area contributed by atoms with Crippen LogP contribution in [0.25, 0.3) is 33.8 Å². The first-order valence-corrected chi connectivity index (χ1v) is 7.82.